The van der Waals surface area contributed by atoms with Crippen molar-refractivity contribution in [3.63, 3.8) is 0 Å². The van der Waals surface area contributed by atoms with Crippen molar-refractivity contribution in [2.75, 3.05) is 18.8 Å². The van der Waals surface area contributed by atoms with Gasteiger partial charge < -0.3 is 46.9 Å². The Hall–Kier alpha value is -4.71. The minimum Gasteiger partial charge on any atom is -0.724 e. The molecule has 2 aliphatic heterocycles. The van der Waals surface area contributed by atoms with Gasteiger partial charge in [-0.3, -0.25) is 9.59 Å². The minimum atomic E-state index is -5.29. The maximum absolute atomic E-state index is 13.5. The molecule has 0 saturated carbocycles. The highest BCUT2D eigenvalue weighted by atomic mass is 32.3. The van der Waals surface area contributed by atoms with Crippen LogP contribution in [-0.2, 0) is 53.4 Å². The lowest BCUT2D eigenvalue weighted by Crippen LogP contribution is -2.76. The maximum atomic E-state index is 13.5. The van der Waals surface area contributed by atoms with Crippen molar-refractivity contribution in [2.24, 2.45) is 16.6 Å². The highest BCUT2D eigenvalue weighted by Gasteiger charge is 2.57. The van der Waals surface area contributed by atoms with Gasteiger partial charge in [-0.1, -0.05) is 11.2 Å². The number of hydrogen-bond acceptors (Lipinski definition) is 16. The van der Waals surface area contributed by atoms with Gasteiger partial charge in [0, 0.05) is 18.3 Å². The van der Waals surface area contributed by atoms with E-state index in [1.807, 2.05) is 33.9 Å². The second-order valence-electron chi connectivity index (χ2n) is 13.2. The summed E-state index contributed by atoms with van der Waals surface area (Å²) in [6.45, 7) is 5.46. The molecule has 3 aromatic rings. The zero-order valence-corrected chi connectivity index (χ0v) is 30.6. The summed E-state index contributed by atoms with van der Waals surface area (Å²) in [7, 11) is -5.29. The molecule has 1 fully saturated rings. The normalized spacial score (nSPS) is 20.1. The van der Waals surface area contributed by atoms with E-state index in [1.165, 1.54) is 26.2 Å². The van der Waals surface area contributed by atoms with Crippen LogP contribution in [0.1, 0.15) is 44.9 Å². The van der Waals surface area contributed by atoms with Crippen molar-refractivity contribution in [2.45, 2.75) is 82.5 Å². The number of nitrogen functional groups attached to an aromatic ring is 1. The molecule has 0 aliphatic carbocycles. The van der Waals surface area contributed by atoms with Crippen LogP contribution in [0, 0.1) is 0 Å². The number of aliphatic hydroxyl groups excluding tert-OH is 1. The van der Waals surface area contributed by atoms with Gasteiger partial charge in [-0.25, -0.2) is 18.2 Å². The highest BCUT2D eigenvalue weighted by Crippen LogP contribution is 2.37. The van der Waals surface area contributed by atoms with Crippen LogP contribution in [0.3, 0.4) is 0 Å². The molecule has 0 spiro atoms. The third-order valence-electron chi connectivity index (χ3n) is 8.97. The van der Waals surface area contributed by atoms with E-state index >= 15 is 0 Å². The molecule has 9 N–H and O–H groups in total. The predicted molar refractivity (Wildman–Crippen MR) is 185 cm³/mol. The molecule has 1 aromatic carbocycles. The fourth-order valence-corrected chi connectivity index (χ4v) is 6.89. The van der Waals surface area contributed by atoms with Crippen LogP contribution in [0.25, 0.3) is 11.1 Å². The third kappa shape index (κ3) is 8.43. The number of nitrogens with zero attached hydrogens (tertiary/aromatic N) is 5. The molecule has 0 radical (unpaired) electrons. The van der Waals surface area contributed by atoms with E-state index in [2.05, 4.69) is 19.7 Å². The lowest BCUT2D eigenvalue weighted by Gasteiger charge is -2.51. The quantitative estimate of drug-likeness (QED) is 0.0243. The number of aryl methyl sites for hydroxylation is 2. The Kier molecular flexibility index (Phi) is 11.4. The number of rotatable bonds is 16. The number of benzene rings is 1. The fourth-order valence-electron chi connectivity index (χ4n) is 5.90. The number of aliphatic carboxylic acids is 1. The molecule has 288 valence electrons. The van der Waals surface area contributed by atoms with Crippen LogP contribution in [0.4, 0.5) is 5.13 Å². The number of aromatic nitrogens is 3. The summed E-state index contributed by atoms with van der Waals surface area (Å²) in [6, 6.07) is 4.10. The number of ether oxygens (including phenoxy) is 1. The summed E-state index contributed by atoms with van der Waals surface area (Å²) in [5, 5.41) is 28.5. The van der Waals surface area contributed by atoms with E-state index in [4.69, 9.17) is 26.8 Å². The van der Waals surface area contributed by atoms with Crippen molar-refractivity contribution in [1.82, 2.24) is 20.0 Å². The second kappa shape index (κ2) is 15.3. The van der Waals surface area contributed by atoms with Crippen LogP contribution < -0.4 is 31.9 Å². The first kappa shape index (κ1) is 39.5. The van der Waals surface area contributed by atoms with Crippen molar-refractivity contribution in [1.29, 1.82) is 0 Å². The van der Waals surface area contributed by atoms with Gasteiger partial charge in [-0.05, 0) is 63.4 Å². The molecule has 2 aliphatic rings. The number of amides is 2. The van der Waals surface area contributed by atoms with Gasteiger partial charge in [0.25, 0.3) is 17.4 Å². The second-order valence-corrected chi connectivity index (χ2v) is 15.0. The predicted octanol–water partition coefficient (Wildman–Crippen LogP) is -1.40. The molecular weight excluding hydrogens is 739 g/mol. The number of carboxylic acids is 1. The van der Waals surface area contributed by atoms with E-state index in [-0.39, 0.29) is 23.8 Å². The van der Waals surface area contributed by atoms with Crippen molar-refractivity contribution in [3.05, 3.63) is 47.2 Å². The Morgan fingerprint density at radius 1 is 1.32 bits per heavy atom. The molecule has 4 heterocycles. The van der Waals surface area contributed by atoms with Gasteiger partial charge >= 0.3 is 5.97 Å². The Labute approximate surface area is 308 Å². The van der Waals surface area contributed by atoms with Crippen LogP contribution in [-0.4, -0.2) is 104 Å². The van der Waals surface area contributed by atoms with Gasteiger partial charge in [0.2, 0.25) is 16.6 Å². The fraction of sp³-hybridized carbons (Fsp3) is 0.484. The zero-order chi connectivity index (χ0) is 38.9. The number of oxime groups is 1. The number of hydroxylamine groups is 2. The molecular formula is C31H41N9O11S2. The number of anilines is 1. The van der Waals surface area contributed by atoms with E-state index < -0.39 is 63.3 Å². The lowest BCUT2D eigenvalue weighted by atomic mass is 9.84. The average Bonchev–Trinajstić information content (AvgIpc) is 3.72. The van der Waals surface area contributed by atoms with Crippen LogP contribution in [0.2, 0.25) is 0 Å². The van der Waals surface area contributed by atoms with Crippen molar-refractivity contribution in [3.8, 4) is 16.9 Å². The Morgan fingerprint density at radius 2 is 2.06 bits per heavy atom. The molecule has 4 atom stereocenters. The van der Waals surface area contributed by atoms with Crippen LogP contribution in [0.15, 0.2) is 41.1 Å². The summed E-state index contributed by atoms with van der Waals surface area (Å²) in [5.74, 6) is -3.12. The highest BCUT2D eigenvalue weighted by molar-refractivity contribution is 7.80. The van der Waals surface area contributed by atoms with Gasteiger partial charge in [-0.15, -0.1) is 16.0 Å². The third-order valence-corrected chi connectivity index (χ3v) is 9.98. The number of carbonyl (C=O) groups excluding carboxylic acids is 2. The number of carbonyl (C=O) groups is 3. The smallest absolute Gasteiger partial charge is 0.354 e. The molecule has 2 aromatic heterocycles. The number of thiazole rings is 1. The molecule has 2 amide bonds. The summed E-state index contributed by atoms with van der Waals surface area (Å²) >= 11 is 0.953. The number of aliphatic hydroxyl groups is 1. The molecule has 4 unspecified atom stereocenters. The molecule has 53 heavy (non-hydrogen) atoms. The first-order chi connectivity index (χ1) is 24.9. The van der Waals surface area contributed by atoms with E-state index in [0.29, 0.717) is 36.9 Å². The average molecular weight is 780 g/mol. The van der Waals surface area contributed by atoms with Gasteiger partial charge in [0.05, 0.1) is 23.4 Å². The number of fused-ring (bicyclic) bond motifs is 1. The largest absolute Gasteiger partial charge is 0.724 e. The van der Waals surface area contributed by atoms with E-state index in [0.717, 1.165) is 34.4 Å². The van der Waals surface area contributed by atoms with Crippen molar-refractivity contribution >= 4 is 50.4 Å². The first-order valence-corrected chi connectivity index (χ1v) is 18.6. The summed E-state index contributed by atoms with van der Waals surface area (Å²) < 4.78 is 47.5. The first-order valence-electron chi connectivity index (χ1n) is 16.4. The number of nitrogens with one attached hydrogen (secondary N) is 1. The maximum Gasteiger partial charge on any atom is 0.354 e. The van der Waals surface area contributed by atoms with Crippen LogP contribution >= 0.6 is 11.3 Å². The lowest BCUT2D eigenvalue weighted by molar-refractivity contribution is -0.775. The van der Waals surface area contributed by atoms with Gasteiger partial charge in [0.15, 0.2) is 23.5 Å². The Balaban J connectivity index is 1.36. The SMILES string of the molecule is CC(O/N=C(\C(=O)NC1C(=O)N(OS(=O)(=O)[O-])C1(C)C)c1csc(N)n1)(C(=O)O)C1CCc2cc(-c3cn(CC(O)CN)[n+](CCCN)c3)ccc2O1. The summed E-state index contributed by atoms with van der Waals surface area (Å²) in [4.78, 5) is 48.5. The van der Waals surface area contributed by atoms with Gasteiger partial charge in [0.1, 0.15) is 24.0 Å². The van der Waals surface area contributed by atoms with Crippen LogP contribution in [0.5, 0.6) is 5.75 Å². The standard InChI is InChI=1S/C31H41N9O11S2/c1-30(2)25(27(43)40(30)51-53(46,47)48)36-26(42)24(21-16-52-29(34)35-21)37-50-31(3,28(44)45)23-8-6-18-11-17(5-7-22(18)49-23)19-13-38(10-4-9-32)39(14-19)15-20(41)12-33/h5,7,11,13-14,16,20,23,25,41H,4,6,8-10,12,15,32-33H2,1-3H3,(H4-,34,35,36,42,44,45,46,47,48)/b37-24-. The molecule has 20 nitrogen and oxygen atoms in total. The molecule has 5 rings (SSSR count). The monoisotopic (exact) mass is 779 g/mol. The van der Waals surface area contributed by atoms with Crippen molar-refractivity contribution < 1.29 is 56.1 Å². The van der Waals surface area contributed by atoms with E-state index in [1.54, 1.807) is 6.07 Å². The topological polar surface area (TPSA) is 304 Å². The van der Waals surface area contributed by atoms with Gasteiger partial charge in [-0.2, -0.15) is 14.0 Å². The summed E-state index contributed by atoms with van der Waals surface area (Å²) in [6.07, 6.45) is 3.35. The number of nitrogens with two attached hydrogens (primary N) is 3. The zero-order valence-electron chi connectivity index (χ0n) is 29.0. The number of β-lactam (4-membered cyclic amide) rings is 1. The molecule has 1 saturated heterocycles. The minimum absolute atomic E-state index is 0.0449. The molecule has 22 heteroatoms. The molecule has 0 bridgehead atoms. The Morgan fingerprint density at radius 3 is 2.66 bits per heavy atom. The summed E-state index contributed by atoms with van der Waals surface area (Å²) in [5.41, 5.74) is 15.4. The number of carboxylic acid groups (broad SMARTS) is 1. The number of hydrogen-bond donors (Lipinski definition) is 6. The van der Waals surface area contributed by atoms with E-state index in [9.17, 15) is 37.6 Å². The Bertz CT molecular complexity index is 2020.